The Morgan fingerprint density at radius 3 is 2.38 bits per heavy atom. The van der Waals surface area contributed by atoms with Crippen molar-refractivity contribution in [1.82, 2.24) is 20.4 Å². The Morgan fingerprint density at radius 2 is 1.78 bits per heavy atom. The van der Waals surface area contributed by atoms with Gasteiger partial charge in [-0.15, -0.1) is 0 Å². The van der Waals surface area contributed by atoms with Crippen molar-refractivity contribution in [3.05, 3.63) is 35.9 Å². The Balaban J connectivity index is 1.39. The standard InChI is InChI=1S/C26H41N5O/c1-4-27-25(28-19-26(14-8-9-15-26)24(32)30(2)3)29-21-16-22-12-13-23(17-21)31(22)18-20-10-6-5-7-11-20/h5-7,10-11,21-23H,4,8-9,12-19H2,1-3H3,(H2,27,28,29). The molecule has 1 aromatic rings. The lowest BCUT2D eigenvalue weighted by atomic mass is 9.85. The number of hydrogen-bond donors (Lipinski definition) is 2. The van der Waals surface area contributed by atoms with Gasteiger partial charge in [0, 0.05) is 45.3 Å². The molecule has 2 N–H and O–H groups in total. The van der Waals surface area contributed by atoms with Crippen LogP contribution in [-0.2, 0) is 11.3 Å². The molecule has 32 heavy (non-hydrogen) atoms. The first-order chi connectivity index (χ1) is 15.5. The van der Waals surface area contributed by atoms with Crippen molar-refractivity contribution < 1.29 is 4.79 Å². The summed E-state index contributed by atoms with van der Waals surface area (Å²) in [5.74, 6) is 1.12. The molecule has 1 aromatic carbocycles. The molecule has 0 spiro atoms. The lowest BCUT2D eigenvalue weighted by Gasteiger charge is -2.39. The van der Waals surface area contributed by atoms with Crippen LogP contribution in [0.3, 0.4) is 0 Å². The molecule has 1 amide bonds. The van der Waals surface area contributed by atoms with Gasteiger partial charge in [0.2, 0.25) is 5.91 Å². The number of rotatable bonds is 7. The summed E-state index contributed by atoms with van der Waals surface area (Å²) in [4.78, 5) is 22.3. The number of aliphatic imine (C=N–C) groups is 1. The highest BCUT2D eigenvalue weighted by molar-refractivity contribution is 5.84. The van der Waals surface area contributed by atoms with E-state index >= 15 is 0 Å². The fourth-order valence-corrected chi connectivity index (χ4v) is 6.15. The van der Waals surface area contributed by atoms with Crippen molar-refractivity contribution >= 4 is 11.9 Å². The van der Waals surface area contributed by atoms with Crippen molar-refractivity contribution in [2.75, 3.05) is 27.2 Å². The van der Waals surface area contributed by atoms with E-state index in [2.05, 4.69) is 52.8 Å². The van der Waals surface area contributed by atoms with E-state index in [1.807, 2.05) is 14.1 Å². The van der Waals surface area contributed by atoms with Gasteiger partial charge in [0.15, 0.2) is 5.96 Å². The normalized spacial score (nSPS) is 27.3. The summed E-state index contributed by atoms with van der Waals surface area (Å²) >= 11 is 0. The fourth-order valence-electron chi connectivity index (χ4n) is 6.15. The molecule has 4 rings (SSSR count). The first-order valence-electron chi connectivity index (χ1n) is 12.6. The number of nitrogens with zero attached hydrogens (tertiary/aromatic N) is 3. The summed E-state index contributed by atoms with van der Waals surface area (Å²) in [6.45, 7) is 4.59. The van der Waals surface area contributed by atoms with E-state index in [0.29, 0.717) is 24.7 Å². The summed E-state index contributed by atoms with van der Waals surface area (Å²) in [7, 11) is 3.74. The van der Waals surface area contributed by atoms with Crippen LogP contribution in [0, 0.1) is 5.41 Å². The topological polar surface area (TPSA) is 60.0 Å². The molecule has 2 saturated heterocycles. The molecule has 0 aromatic heterocycles. The van der Waals surface area contributed by atoms with Gasteiger partial charge in [-0.2, -0.15) is 0 Å². The lowest BCUT2D eigenvalue weighted by molar-refractivity contribution is -0.138. The van der Waals surface area contributed by atoms with Crippen molar-refractivity contribution in [3.8, 4) is 0 Å². The molecular weight excluding hydrogens is 398 g/mol. The van der Waals surface area contributed by atoms with E-state index in [4.69, 9.17) is 4.99 Å². The number of piperidine rings is 1. The summed E-state index contributed by atoms with van der Waals surface area (Å²) in [6.07, 6.45) is 9.08. The number of carbonyl (C=O) groups is 1. The second-order valence-electron chi connectivity index (χ2n) is 10.2. The van der Waals surface area contributed by atoms with Crippen molar-refractivity contribution in [2.24, 2.45) is 10.4 Å². The van der Waals surface area contributed by atoms with Gasteiger partial charge in [-0.25, -0.2) is 0 Å². The average Bonchev–Trinajstić information content (AvgIpc) is 3.35. The van der Waals surface area contributed by atoms with Crippen LogP contribution in [0.2, 0.25) is 0 Å². The molecule has 1 aliphatic carbocycles. The van der Waals surface area contributed by atoms with Gasteiger partial charge in [-0.3, -0.25) is 14.7 Å². The Morgan fingerprint density at radius 1 is 1.12 bits per heavy atom. The third-order valence-electron chi connectivity index (χ3n) is 7.74. The van der Waals surface area contributed by atoms with E-state index in [1.165, 1.54) is 18.4 Å². The maximum Gasteiger partial charge on any atom is 0.230 e. The van der Waals surface area contributed by atoms with E-state index in [9.17, 15) is 4.79 Å². The van der Waals surface area contributed by atoms with Gasteiger partial charge in [0.1, 0.15) is 0 Å². The van der Waals surface area contributed by atoms with Gasteiger partial charge in [-0.05, 0) is 51.0 Å². The van der Waals surface area contributed by atoms with Crippen molar-refractivity contribution in [1.29, 1.82) is 0 Å². The van der Waals surface area contributed by atoms with Gasteiger partial charge < -0.3 is 15.5 Å². The zero-order valence-electron chi connectivity index (χ0n) is 20.1. The van der Waals surface area contributed by atoms with Crippen LogP contribution >= 0.6 is 0 Å². The Hall–Kier alpha value is -2.08. The third kappa shape index (κ3) is 5.11. The van der Waals surface area contributed by atoms with Crippen LogP contribution in [-0.4, -0.2) is 67.0 Å². The molecule has 3 aliphatic rings. The highest BCUT2D eigenvalue weighted by Gasteiger charge is 2.43. The molecule has 6 nitrogen and oxygen atoms in total. The molecule has 6 heteroatoms. The minimum Gasteiger partial charge on any atom is -0.357 e. The molecule has 0 radical (unpaired) electrons. The van der Waals surface area contributed by atoms with E-state index in [0.717, 1.165) is 57.6 Å². The van der Waals surface area contributed by atoms with Crippen LogP contribution in [0.25, 0.3) is 0 Å². The predicted molar refractivity (Wildman–Crippen MR) is 131 cm³/mol. The van der Waals surface area contributed by atoms with Gasteiger partial charge in [-0.1, -0.05) is 43.2 Å². The Labute approximate surface area is 193 Å². The maximum absolute atomic E-state index is 12.9. The number of fused-ring (bicyclic) bond motifs is 2. The minimum atomic E-state index is -0.316. The molecule has 2 heterocycles. The summed E-state index contributed by atoms with van der Waals surface area (Å²) < 4.78 is 0. The number of nitrogens with one attached hydrogen (secondary N) is 2. The number of hydrogen-bond acceptors (Lipinski definition) is 3. The molecule has 2 bridgehead atoms. The first kappa shape index (κ1) is 23.1. The van der Waals surface area contributed by atoms with Crippen LogP contribution in [0.5, 0.6) is 0 Å². The van der Waals surface area contributed by atoms with Crippen LogP contribution in [0.4, 0.5) is 0 Å². The summed E-state index contributed by atoms with van der Waals surface area (Å²) in [5.41, 5.74) is 1.10. The monoisotopic (exact) mass is 439 g/mol. The highest BCUT2D eigenvalue weighted by Crippen LogP contribution is 2.40. The molecular formula is C26H41N5O. The zero-order chi connectivity index (χ0) is 22.6. The molecule has 2 aliphatic heterocycles. The molecule has 3 fully saturated rings. The first-order valence-corrected chi connectivity index (χ1v) is 12.6. The van der Waals surface area contributed by atoms with E-state index in [-0.39, 0.29) is 11.3 Å². The molecule has 2 unspecified atom stereocenters. The highest BCUT2D eigenvalue weighted by atomic mass is 16.2. The van der Waals surface area contributed by atoms with Crippen molar-refractivity contribution in [3.63, 3.8) is 0 Å². The maximum atomic E-state index is 12.9. The zero-order valence-corrected chi connectivity index (χ0v) is 20.1. The lowest BCUT2D eigenvalue weighted by Crippen LogP contribution is -2.52. The summed E-state index contributed by atoms with van der Waals surface area (Å²) in [5, 5.41) is 7.18. The van der Waals surface area contributed by atoms with Crippen LogP contribution < -0.4 is 10.6 Å². The number of amides is 1. The molecule has 1 saturated carbocycles. The van der Waals surface area contributed by atoms with Gasteiger partial charge in [0.25, 0.3) is 0 Å². The fraction of sp³-hybridized carbons (Fsp3) is 0.692. The quantitative estimate of drug-likeness (QED) is 0.505. The van der Waals surface area contributed by atoms with Gasteiger partial charge in [0.05, 0.1) is 12.0 Å². The van der Waals surface area contributed by atoms with Crippen LogP contribution in [0.1, 0.15) is 63.9 Å². The minimum absolute atomic E-state index is 0.238. The summed E-state index contributed by atoms with van der Waals surface area (Å²) in [6, 6.07) is 12.6. The second-order valence-corrected chi connectivity index (χ2v) is 10.2. The molecule has 2 atom stereocenters. The smallest absolute Gasteiger partial charge is 0.230 e. The Bertz CT molecular complexity index is 773. The number of benzene rings is 1. The second kappa shape index (κ2) is 10.2. The van der Waals surface area contributed by atoms with E-state index in [1.54, 1.807) is 4.90 Å². The van der Waals surface area contributed by atoms with E-state index < -0.39 is 0 Å². The number of carbonyl (C=O) groups excluding carboxylic acids is 1. The number of guanidine groups is 1. The van der Waals surface area contributed by atoms with Crippen LogP contribution in [0.15, 0.2) is 35.3 Å². The third-order valence-corrected chi connectivity index (χ3v) is 7.74. The average molecular weight is 440 g/mol. The largest absolute Gasteiger partial charge is 0.357 e. The SMILES string of the molecule is CCNC(=NCC1(C(=O)N(C)C)CCCC1)NC1CC2CCC(C1)N2Cc1ccccc1. The van der Waals surface area contributed by atoms with Crippen molar-refractivity contribution in [2.45, 2.75) is 83.0 Å². The molecule has 176 valence electrons. The predicted octanol–water partition coefficient (Wildman–Crippen LogP) is 3.39. The van der Waals surface area contributed by atoms with Gasteiger partial charge >= 0.3 is 0 Å². The Kier molecular flexibility index (Phi) is 7.39.